The topological polar surface area (TPSA) is 15.3 Å². The van der Waals surface area contributed by atoms with Crippen LogP contribution in [0.3, 0.4) is 0 Å². The molecule has 1 aliphatic rings. The van der Waals surface area contributed by atoms with Crippen molar-refractivity contribution in [1.29, 1.82) is 0 Å². The molecule has 1 heterocycles. The largest absolute Gasteiger partial charge is 0.255 e. The summed E-state index contributed by atoms with van der Waals surface area (Å²) in [5.74, 6) is 0. The summed E-state index contributed by atoms with van der Waals surface area (Å²) in [4.78, 5) is 0. The van der Waals surface area contributed by atoms with Crippen LogP contribution in [0.4, 0.5) is 0 Å². The van der Waals surface area contributed by atoms with Gasteiger partial charge in [0.25, 0.3) is 0 Å². The van der Waals surface area contributed by atoms with Crippen molar-refractivity contribution in [3.63, 3.8) is 0 Å². The van der Waals surface area contributed by atoms with E-state index in [0.29, 0.717) is 0 Å². The first-order chi connectivity index (χ1) is 3.93. The average molecular weight is 116 g/mol. The second kappa shape index (κ2) is 3.05. The fourth-order valence-electron chi connectivity index (χ4n) is 1.10. The highest BCUT2D eigenvalue weighted by Crippen LogP contribution is 2.02. The van der Waals surface area contributed by atoms with Crippen LogP contribution < -0.4 is 5.43 Å². The minimum absolute atomic E-state index is 0. The Labute approximate surface area is 52.3 Å². The van der Waals surface area contributed by atoms with Gasteiger partial charge in [-0.3, -0.25) is 5.43 Å². The first kappa shape index (κ1) is 6.05. The van der Waals surface area contributed by atoms with Crippen molar-refractivity contribution in [1.82, 2.24) is 10.4 Å². The molecule has 2 heteroatoms. The van der Waals surface area contributed by atoms with Crippen molar-refractivity contribution in [2.45, 2.75) is 19.8 Å². The van der Waals surface area contributed by atoms with E-state index in [2.05, 4.69) is 17.4 Å². The van der Waals surface area contributed by atoms with Gasteiger partial charge in [0, 0.05) is 21.1 Å². The Morgan fingerprint density at radius 1 is 1.50 bits per heavy atom. The molecule has 0 aliphatic carbocycles. The smallest absolute Gasteiger partial charge is 0.0131 e. The zero-order chi connectivity index (χ0) is 5.82. The van der Waals surface area contributed by atoms with E-state index >= 15 is 0 Å². The lowest BCUT2D eigenvalue weighted by molar-refractivity contribution is 0.242. The van der Waals surface area contributed by atoms with Gasteiger partial charge in [-0.2, -0.15) is 0 Å². The molecule has 1 saturated heterocycles. The van der Waals surface area contributed by atoms with Gasteiger partial charge in [0.05, 0.1) is 0 Å². The van der Waals surface area contributed by atoms with Gasteiger partial charge < -0.3 is 0 Å². The van der Waals surface area contributed by atoms with Crippen LogP contribution >= 0.6 is 0 Å². The fourth-order valence-corrected chi connectivity index (χ4v) is 1.10. The van der Waals surface area contributed by atoms with E-state index in [-0.39, 0.29) is 1.43 Å². The molecule has 2 nitrogen and oxygen atoms in total. The molecule has 0 spiro atoms. The summed E-state index contributed by atoms with van der Waals surface area (Å²) in [6.07, 6.45) is 2.74. The molecule has 0 atom stereocenters. The van der Waals surface area contributed by atoms with Crippen LogP contribution in [0.5, 0.6) is 0 Å². The summed E-state index contributed by atoms with van der Waals surface area (Å²) < 4.78 is 0. The number of rotatable bonds is 2. The summed E-state index contributed by atoms with van der Waals surface area (Å²) in [6, 6.07) is 0. The molecule has 0 radical (unpaired) electrons. The molecule has 8 heavy (non-hydrogen) atoms. The zero-order valence-corrected chi connectivity index (χ0v) is 5.48. The zero-order valence-electron chi connectivity index (χ0n) is 5.48. The Balaban J connectivity index is 0.000000640. The van der Waals surface area contributed by atoms with Gasteiger partial charge in [-0.25, -0.2) is 5.01 Å². The van der Waals surface area contributed by atoms with Crippen LogP contribution in [-0.4, -0.2) is 24.6 Å². The van der Waals surface area contributed by atoms with Gasteiger partial charge in [-0.05, 0) is 12.8 Å². The second-order valence-electron chi connectivity index (χ2n) is 2.21. The molecule has 1 aliphatic heterocycles. The molecule has 0 aromatic heterocycles. The van der Waals surface area contributed by atoms with E-state index in [9.17, 15) is 0 Å². The molecule has 1 fully saturated rings. The summed E-state index contributed by atoms with van der Waals surface area (Å²) in [5, 5.41) is 2.29. The van der Waals surface area contributed by atoms with Crippen LogP contribution in [0, 0.1) is 0 Å². The average Bonchev–Trinajstić information content (AvgIpc) is 2.19. The van der Waals surface area contributed by atoms with Crippen molar-refractivity contribution in [3.8, 4) is 0 Å². The molecule has 0 bridgehead atoms. The minimum Gasteiger partial charge on any atom is -0.255 e. The van der Waals surface area contributed by atoms with E-state index in [4.69, 9.17) is 0 Å². The maximum absolute atomic E-state index is 3.28. The highest BCUT2D eigenvalue weighted by molar-refractivity contribution is 4.60. The minimum atomic E-state index is 0. The predicted molar refractivity (Wildman–Crippen MR) is 36.6 cm³/mol. The van der Waals surface area contributed by atoms with Crippen molar-refractivity contribution in [2.75, 3.05) is 19.6 Å². The van der Waals surface area contributed by atoms with E-state index in [1.165, 1.54) is 25.9 Å². The van der Waals surface area contributed by atoms with Gasteiger partial charge in [0.15, 0.2) is 0 Å². The van der Waals surface area contributed by atoms with E-state index < -0.39 is 0 Å². The van der Waals surface area contributed by atoms with Gasteiger partial charge in [-0.1, -0.05) is 6.92 Å². The third-order valence-electron chi connectivity index (χ3n) is 1.49. The van der Waals surface area contributed by atoms with Crippen molar-refractivity contribution in [3.05, 3.63) is 0 Å². The second-order valence-corrected chi connectivity index (χ2v) is 2.21. The molecule has 0 amide bonds. The summed E-state index contributed by atoms with van der Waals surface area (Å²) in [5.41, 5.74) is 3.28. The monoisotopic (exact) mass is 116 g/mol. The Morgan fingerprint density at radius 2 is 2.12 bits per heavy atom. The van der Waals surface area contributed by atoms with Crippen molar-refractivity contribution >= 4 is 0 Å². The van der Waals surface area contributed by atoms with Gasteiger partial charge in [-0.15, -0.1) is 0 Å². The van der Waals surface area contributed by atoms with Crippen molar-refractivity contribution < 1.29 is 1.43 Å². The molecule has 0 saturated carbocycles. The highest BCUT2D eigenvalue weighted by Gasteiger charge is 2.08. The first-order valence-corrected chi connectivity index (χ1v) is 3.42. The molecule has 1 N–H and O–H groups in total. The molecule has 0 aromatic rings. The molecule has 50 valence electrons. The lowest BCUT2D eigenvalue weighted by Crippen LogP contribution is -2.34. The third kappa shape index (κ3) is 1.46. The third-order valence-corrected chi connectivity index (χ3v) is 1.49. The predicted octanol–water partition coefficient (Wildman–Crippen LogP) is 0.853. The van der Waals surface area contributed by atoms with Crippen LogP contribution in [0.2, 0.25) is 0 Å². The summed E-state index contributed by atoms with van der Waals surface area (Å²) >= 11 is 0. The Hall–Kier alpha value is -0.0800. The number of hydrogen-bond donors (Lipinski definition) is 1. The first-order valence-electron chi connectivity index (χ1n) is 3.42. The summed E-state index contributed by atoms with van der Waals surface area (Å²) in [6.45, 7) is 5.69. The van der Waals surface area contributed by atoms with E-state index in [0.717, 1.165) is 6.54 Å². The van der Waals surface area contributed by atoms with Gasteiger partial charge >= 0.3 is 0 Å². The van der Waals surface area contributed by atoms with E-state index in [1.54, 1.807) is 0 Å². The van der Waals surface area contributed by atoms with E-state index in [1.807, 2.05) is 0 Å². The van der Waals surface area contributed by atoms with Crippen LogP contribution in [0.25, 0.3) is 0 Å². The lowest BCUT2D eigenvalue weighted by Gasteiger charge is -2.13. The SMILES string of the molecule is CCNN1CCCC1.[HH]. The maximum Gasteiger partial charge on any atom is 0.0131 e. The standard InChI is InChI=1S/C6H14N2.H2/c1-2-7-8-5-3-4-6-8;/h7H,2-6H2,1H3;1H. The van der Waals surface area contributed by atoms with Crippen LogP contribution in [-0.2, 0) is 0 Å². The van der Waals surface area contributed by atoms with Crippen LogP contribution in [0.1, 0.15) is 21.2 Å². The van der Waals surface area contributed by atoms with Crippen LogP contribution in [0.15, 0.2) is 0 Å². The molecule has 0 unspecified atom stereocenters. The molecular weight excluding hydrogens is 100 g/mol. The number of nitrogens with zero attached hydrogens (tertiary/aromatic N) is 1. The molecule has 0 aromatic carbocycles. The van der Waals surface area contributed by atoms with Crippen molar-refractivity contribution in [2.24, 2.45) is 0 Å². The Morgan fingerprint density at radius 3 is 2.62 bits per heavy atom. The quantitative estimate of drug-likeness (QED) is 0.575. The maximum atomic E-state index is 3.28. The number of hydrogen-bond acceptors (Lipinski definition) is 2. The molecular formula is C6H16N2. The number of nitrogens with one attached hydrogen (secondary N) is 1. The Kier molecular flexibility index (Phi) is 2.30. The Bertz CT molecular complexity index is 62.1. The van der Waals surface area contributed by atoms with Gasteiger partial charge in [0.2, 0.25) is 0 Å². The molecule has 1 rings (SSSR count). The fraction of sp³-hybridized carbons (Fsp3) is 1.00. The lowest BCUT2D eigenvalue weighted by atomic mass is 10.4. The number of hydrazine groups is 1. The normalized spacial score (nSPS) is 22.1. The highest BCUT2D eigenvalue weighted by atomic mass is 15.5. The van der Waals surface area contributed by atoms with Gasteiger partial charge in [0.1, 0.15) is 0 Å². The summed E-state index contributed by atoms with van der Waals surface area (Å²) in [7, 11) is 0.